The van der Waals surface area contributed by atoms with Crippen molar-refractivity contribution < 1.29 is 41.7 Å². The van der Waals surface area contributed by atoms with E-state index >= 15 is 0 Å². The van der Waals surface area contributed by atoms with Crippen molar-refractivity contribution in [3.8, 4) is 23.0 Å². The molecule has 1 amide bonds. The molecule has 0 aliphatic heterocycles. The number of hydrogen-bond donors (Lipinski definition) is 1. The van der Waals surface area contributed by atoms with E-state index in [0.717, 1.165) is 17.6 Å². The summed E-state index contributed by atoms with van der Waals surface area (Å²) in [5.74, 6) is -0.0997. The molecule has 11 heteroatoms. The third kappa shape index (κ3) is 7.78. The zero-order valence-corrected chi connectivity index (χ0v) is 20.8. The highest BCUT2D eigenvalue weighted by Gasteiger charge is 2.15. The van der Waals surface area contributed by atoms with Gasteiger partial charge in [-0.1, -0.05) is 6.07 Å². The lowest BCUT2D eigenvalue weighted by atomic mass is 10.1. The van der Waals surface area contributed by atoms with E-state index in [0.29, 0.717) is 34.1 Å². The summed E-state index contributed by atoms with van der Waals surface area (Å²) < 4.78 is 51.2. The number of sulfone groups is 1. The summed E-state index contributed by atoms with van der Waals surface area (Å²) in [5, 5.41) is 3.61. The second-order valence-electron chi connectivity index (χ2n) is 6.94. The van der Waals surface area contributed by atoms with Crippen molar-refractivity contribution in [2.45, 2.75) is 5.75 Å². The number of carbonyl (C=O) groups excluding carboxylic acids is 2. The van der Waals surface area contributed by atoms with Gasteiger partial charge in [0.25, 0.3) is 0 Å². The zero-order valence-electron chi connectivity index (χ0n) is 20.0. The second kappa shape index (κ2) is 12.5. The SMILES string of the molecule is COC(=O)C=CC(=O)Nc1cc(CS(=O)(=O)C=Cc2c(OC)cc(OC)cc2OC)ccc1OC. The van der Waals surface area contributed by atoms with Crippen LogP contribution in [-0.2, 0) is 29.9 Å². The molecule has 0 unspecified atom stereocenters. The van der Waals surface area contributed by atoms with E-state index in [1.54, 1.807) is 18.2 Å². The number of benzene rings is 2. The number of amides is 1. The van der Waals surface area contributed by atoms with E-state index < -0.39 is 21.7 Å². The summed E-state index contributed by atoms with van der Waals surface area (Å²) in [4.78, 5) is 23.3. The Morgan fingerprint density at radius 3 is 2.03 bits per heavy atom. The van der Waals surface area contributed by atoms with Crippen LogP contribution in [-0.4, -0.2) is 55.8 Å². The van der Waals surface area contributed by atoms with Gasteiger partial charge in [0.05, 0.1) is 52.6 Å². The van der Waals surface area contributed by atoms with Gasteiger partial charge in [0.2, 0.25) is 5.91 Å². The number of anilines is 1. The zero-order chi connectivity index (χ0) is 26.0. The fraction of sp³-hybridized carbons (Fsp3) is 0.250. The van der Waals surface area contributed by atoms with Crippen LogP contribution in [0.4, 0.5) is 5.69 Å². The molecular formula is C24H27NO9S. The Balaban J connectivity index is 2.29. The molecule has 10 nitrogen and oxygen atoms in total. The van der Waals surface area contributed by atoms with E-state index in [2.05, 4.69) is 10.1 Å². The number of ether oxygens (including phenoxy) is 5. The molecule has 0 aliphatic rings. The monoisotopic (exact) mass is 505 g/mol. The summed E-state index contributed by atoms with van der Waals surface area (Å²) in [6, 6.07) is 7.80. The molecule has 2 rings (SSSR count). The van der Waals surface area contributed by atoms with Crippen LogP contribution in [0.3, 0.4) is 0 Å². The minimum absolute atomic E-state index is 0.238. The van der Waals surface area contributed by atoms with Gasteiger partial charge in [0.1, 0.15) is 23.0 Å². The molecule has 0 fully saturated rings. The number of esters is 1. The van der Waals surface area contributed by atoms with Crippen molar-refractivity contribution in [2.75, 3.05) is 40.9 Å². The minimum atomic E-state index is -3.74. The fourth-order valence-corrected chi connectivity index (χ4v) is 4.06. The maximum atomic E-state index is 12.8. The maximum absolute atomic E-state index is 12.8. The van der Waals surface area contributed by atoms with Crippen molar-refractivity contribution in [3.05, 3.63) is 59.0 Å². The van der Waals surface area contributed by atoms with Gasteiger partial charge in [-0.2, -0.15) is 0 Å². The van der Waals surface area contributed by atoms with Crippen LogP contribution in [0, 0.1) is 0 Å². The fourth-order valence-electron chi connectivity index (χ4n) is 2.98. The number of hydrogen-bond acceptors (Lipinski definition) is 9. The minimum Gasteiger partial charge on any atom is -0.496 e. The van der Waals surface area contributed by atoms with Crippen LogP contribution >= 0.6 is 0 Å². The normalized spacial score (nSPS) is 11.3. The predicted molar refractivity (Wildman–Crippen MR) is 131 cm³/mol. The molecule has 0 radical (unpaired) electrons. The first-order chi connectivity index (χ1) is 16.7. The Hall–Kier alpha value is -3.99. The highest BCUT2D eigenvalue weighted by atomic mass is 32.2. The highest BCUT2D eigenvalue weighted by Crippen LogP contribution is 2.35. The molecule has 35 heavy (non-hydrogen) atoms. The molecule has 0 aliphatic carbocycles. The Kier molecular flexibility index (Phi) is 9.71. The van der Waals surface area contributed by atoms with E-state index in [1.165, 1.54) is 53.8 Å². The van der Waals surface area contributed by atoms with Crippen LogP contribution in [0.2, 0.25) is 0 Å². The van der Waals surface area contributed by atoms with Gasteiger partial charge in [0.15, 0.2) is 9.84 Å². The standard InChI is InChI=1S/C24H27NO9S/c1-30-17-13-21(32-3)18(22(14-17)33-4)10-11-35(28,29)15-16-6-7-20(31-2)19(12-16)25-23(26)8-9-24(27)34-5/h6-14H,15H2,1-5H3,(H,25,26). The van der Waals surface area contributed by atoms with Gasteiger partial charge in [-0.15, -0.1) is 0 Å². The molecule has 2 aromatic rings. The number of rotatable bonds is 11. The third-order valence-electron chi connectivity index (χ3n) is 4.66. The predicted octanol–water partition coefficient (Wildman–Crippen LogP) is 2.97. The van der Waals surface area contributed by atoms with E-state index in [9.17, 15) is 18.0 Å². The van der Waals surface area contributed by atoms with Gasteiger partial charge in [-0.25, -0.2) is 13.2 Å². The van der Waals surface area contributed by atoms with Gasteiger partial charge < -0.3 is 29.0 Å². The topological polar surface area (TPSA) is 126 Å². The number of carbonyl (C=O) groups is 2. The molecule has 2 aromatic carbocycles. The first-order valence-corrected chi connectivity index (χ1v) is 11.8. The van der Waals surface area contributed by atoms with Crippen LogP contribution in [0.15, 0.2) is 47.9 Å². The average molecular weight is 506 g/mol. The summed E-state index contributed by atoms with van der Waals surface area (Å²) in [7, 11) is 3.25. The smallest absolute Gasteiger partial charge is 0.330 e. The second-order valence-corrected chi connectivity index (χ2v) is 8.82. The van der Waals surface area contributed by atoms with Crippen LogP contribution in [0.25, 0.3) is 6.08 Å². The first-order valence-electron chi connectivity index (χ1n) is 10.1. The van der Waals surface area contributed by atoms with E-state index in [1.807, 2.05) is 0 Å². The maximum Gasteiger partial charge on any atom is 0.330 e. The van der Waals surface area contributed by atoms with Crippen molar-refractivity contribution in [1.29, 1.82) is 0 Å². The summed E-state index contributed by atoms with van der Waals surface area (Å²) in [6.07, 6.45) is 3.34. The van der Waals surface area contributed by atoms with E-state index in [-0.39, 0.29) is 11.4 Å². The van der Waals surface area contributed by atoms with Gasteiger partial charge in [0, 0.05) is 29.7 Å². The van der Waals surface area contributed by atoms with Crippen LogP contribution < -0.4 is 24.3 Å². The third-order valence-corrected chi connectivity index (χ3v) is 5.94. The van der Waals surface area contributed by atoms with Crippen molar-refractivity contribution >= 4 is 33.5 Å². The molecule has 188 valence electrons. The molecule has 0 spiro atoms. The number of nitrogens with one attached hydrogen (secondary N) is 1. The summed E-state index contributed by atoms with van der Waals surface area (Å²) >= 11 is 0. The molecule has 1 N–H and O–H groups in total. The van der Waals surface area contributed by atoms with Gasteiger partial charge in [-0.3, -0.25) is 4.79 Å². The summed E-state index contributed by atoms with van der Waals surface area (Å²) in [5.41, 5.74) is 1.07. The summed E-state index contributed by atoms with van der Waals surface area (Å²) in [6.45, 7) is 0. The molecule has 0 bridgehead atoms. The molecule has 0 saturated heterocycles. The lowest BCUT2D eigenvalue weighted by Crippen LogP contribution is -2.11. The highest BCUT2D eigenvalue weighted by molar-refractivity contribution is 7.93. The molecule has 0 saturated carbocycles. The Morgan fingerprint density at radius 1 is 0.857 bits per heavy atom. The van der Waals surface area contributed by atoms with Crippen molar-refractivity contribution in [3.63, 3.8) is 0 Å². The molecule has 0 aromatic heterocycles. The molecule has 0 atom stereocenters. The Bertz CT molecular complexity index is 1210. The lowest BCUT2D eigenvalue weighted by Gasteiger charge is -2.13. The van der Waals surface area contributed by atoms with E-state index in [4.69, 9.17) is 18.9 Å². The number of methoxy groups -OCH3 is 5. The van der Waals surface area contributed by atoms with Crippen LogP contribution in [0.1, 0.15) is 11.1 Å². The molecule has 0 heterocycles. The first kappa shape index (κ1) is 27.3. The Labute approximate surface area is 204 Å². The largest absolute Gasteiger partial charge is 0.496 e. The van der Waals surface area contributed by atoms with Gasteiger partial charge >= 0.3 is 5.97 Å². The quantitative estimate of drug-likeness (QED) is 0.362. The molecular weight excluding hydrogens is 478 g/mol. The lowest BCUT2D eigenvalue weighted by molar-refractivity contribution is -0.135. The average Bonchev–Trinajstić information content (AvgIpc) is 2.85. The Morgan fingerprint density at radius 2 is 1.49 bits per heavy atom. The van der Waals surface area contributed by atoms with Crippen molar-refractivity contribution in [1.82, 2.24) is 0 Å². The van der Waals surface area contributed by atoms with Gasteiger partial charge in [-0.05, 0) is 23.8 Å². The van der Waals surface area contributed by atoms with Crippen molar-refractivity contribution in [2.24, 2.45) is 0 Å². The van der Waals surface area contributed by atoms with Crippen LogP contribution in [0.5, 0.6) is 23.0 Å².